The van der Waals surface area contributed by atoms with Crippen LogP contribution in [0.25, 0.3) is 0 Å². The van der Waals surface area contributed by atoms with E-state index in [-0.39, 0.29) is 17.8 Å². The zero-order chi connectivity index (χ0) is 20.1. The molecule has 0 fully saturated rings. The van der Waals surface area contributed by atoms with E-state index in [2.05, 4.69) is 20.0 Å². The normalized spacial score (nSPS) is 11.3. The fraction of sp³-hybridized carbons (Fsp3) is 0.118. The minimum Gasteiger partial charge on any atom is -0.347 e. The number of anilines is 1. The second-order valence-electron chi connectivity index (χ2n) is 5.42. The highest BCUT2D eigenvalue weighted by molar-refractivity contribution is 8.00. The van der Waals surface area contributed by atoms with E-state index in [4.69, 9.17) is 0 Å². The van der Waals surface area contributed by atoms with Crippen LogP contribution in [0.15, 0.2) is 53.0 Å². The maximum Gasteiger partial charge on any atom is 0.419 e. The molecule has 1 aromatic carbocycles. The summed E-state index contributed by atoms with van der Waals surface area (Å²) in [7, 11) is 0. The van der Waals surface area contributed by atoms with Gasteiger partial charge in [-0.3, -0.25) is 4.79 Å². The Morgan fingerprint density at radius 1 is 1.18 bits per heavy atom. The molecule has 3 aromatic rings. The van der Waals surface area contributed by atoms with Gasteiger partial charge in [0.05, 0.1) is 5.56 Å². The average molecular weight is 428 g/mol. The number of carbonyl (C=O) groups excluding carboxylic acids is 1. The number of nitrogens with one attached hydrogen (secondary N) is 2. The van der Waals surface area contributed by atoms with Gasteiger partial charge in [-0.25, -0.2) is 14.4 Å². The summed E-state index contributed by atoms with van der Waals surface area (Å²) in [4.78, 5) is 21.0. The average Bonchev–Trinajstić information content (AvgIpc) is 3.17. The van der Waals surface area contributed by atoms with E-state index in [1.807, 2.05) is 5.38 Å². The molecule has 0 atom stereocenters. The first-order valence-corrected chi connectivity index (χ1v) is 9.45. The summed E-state index contributed by atoms with van der Waals surface area (Å²) >= 11 is 2.72. The predicted octanol–water partition coefficient (Wildman–Crippen LogP) is 4.75. The summed E-state index contributed by atoms with van der Waals surface area (Å²) < 4.78 is 54.2. The lowest BCUT2D eigenvalue weighted by molar-refractivity contribution is -0.140. The first kappa shape index (κ1) is 20.1. The van der Waals surface area contributed by atoms with Crippen LogP contribution in [0.3, 0.4) is 0 Å². The first-order chi connectivity index (χ1) is 13.3. The van der Waals surface area contributed by atoms with Gasteiger partial charge in [0.15, 0.2) is 5.13 Å². The van der Waals surface area contributed by atoms with Crippen LogP contribution < -0.4 is 10.0 Å². The Balaban J connectivity index is 1.55. The minimum atomic E-state index is -4.76. The summed E-state index contributed by atoms with van der Waals surface area (Å²) in [5.74, 6) is -1.91. The lowest BCUT2D eigenvalue weighted by Gasteiger charge is -2.10. The van der Waals surface area contributed by atoms with Gasteiger partial charge in [-0.2, -0.15) is 13.2 Å². The number of nitrogens with zero attached hydrogens (tertiary/aromatic N) is 2. The Morgan fingerprint density at radius 2 is 2.00 bits per heavy atom. The molecule has 0 saturated heterocycles. The Hall–Kier alpha value is -2.66. The van der Waals surface area contributed by atoms with E-state index in [0.717, 1.165) is 22.2 Å². The third-order valence-corrected chi connectivity index (χ3v) is 5.04. The van der Waals surface area contributed by atoms with Crippen LogP contribution in [0.4, 0.5) is 22.7 Å². The molecule has 2 N–H and O–H groups in total. The van der Waals surface area contributed by atoms with Crippen LogP contribution >= 0.6 is 23.3 Å². The van der Waals surface area contributed by atoms with Crippen molar-refractivity contribution in [2.45, 2.75) is 17.6 Å². The number of carbonyl (C=O) groups is 1. The number of thiazole rings is 1. The van der Waals surface area contributed by atoms with Crippen molar-refractivity contribution in [2.75, 3.05) is 4.72 Å². The molecule has 0 saturated carbocycles. The molecule has 0 bridgehead atoms. The van der Waals surface area contributed by atoms with Crippen molar-refractivity contribution in [3.63, 3.8) is 0 Å². The van der Waals surface area contributed by atoms with Gasteiger partial charge >= 0.3 is 6.18 Å². The van der Waals surface area contributed by atoms with Crippen LogP contribution in [-0.2, 0) is 12.7 Å². The summed E-state index contributed by atoms with van der Waals surface area (Å²) in [6.07, 6.45) is -1.59. The van der Waals surface area contributed by atoms with Crippen molar-refractivity contribution in [1.29, 1.82) is 0 Å². The smallest absolute Gasteiger partial charge is 0.347 e. The SMILES string of the molecule is O=C(NCc1ccc(C(F)(F)F)c(F)c1)c1ccc(SNc2nccs2)cn1. The molecular weight excluding hydrogens is 416 g/mol. The Labute approximate surface area is 165 Å². The number of pyridine rings is 1. The van der Waals surface area contributed by atoms with Crippen LogP contribution in [0.5, 0.6) is 0 Å². The second-order valence-corrected chi connectivity index (χ2v) is 7.19. The highest BCUT2D eigenvalue weighted by Crippen LogP contribution is 2.31. The van der Waals surface area contributed by atoms with E-state index < -0.39 is 23.5 Å². The fourth-order valence-electron chi connectivity index (χ4n) is 2.12. The van der Waals surface area contributed by atoms with E-state index >= 15 is 0 Å². The maximum absolute atomic E-state index is 13.6. The Morgan fingerprint density at radius 3 is 2.61 bits per heavy atom. The molecule has 11 heteroatoms. The number of aromatic nitrogens is 2. The van der Waals surface area contributed by atoms with E-state index in [0.29, 0.717) is 6.07 Å². The third-order valence-electron chi connectivity index (χ3n) is 3.45. The van der Waals surface area contributed by atoms with Crippen LogP contribution in [0.2, 0.25) is 0 Å². The van der Waals surface area contributed by atoms with Gasteiger partial charge in [-0.1, -0.05) is 6.07 Å². The lowest BCUT2D eigenvalue weighted by Crippen LogP contribution is -2.24. The minimum absolute atomic E-state index is 0.127. The van der Waals surface area contributed by atoms with Crippen molar-refractivity contribution in [3.8, 4) is 0 Å². The van der Waals surface area contributed by atoms with E-state index in [1.165, 1.54) is 35.5 Å². The first-order valence-electron chi connectivity index (χ1n) is 7.75. The topological polar surface area (TPSA) is 66.9 Å². The lowest BCUT2D eigenvalue weighted by atomic mass is 10.1. The van der Waals surface area contributed by atoms with E-state index in [1.54, 1.807) is 12.3 Å². The van der Waals surface area contributed by atoms with E-state index in [9.17, 15) is 22.4 Å². The quantitative estimate of drug-likeness (QED) is 0.438. The molecule has 5 nitrogen and oxygen atoms in total. The molecule has 0 aliphatic carbocycles. The number of benzene rings is 1. The molecule has 2 aromatic heterocycles. The number of rotatable bonds is 6. The standard InChI is InChI=1S/C17H12F4N4OS2/c18-13-7-10(1-3-12(13)17(19,20)21)8-24-15(26)14-4-2-11(9-23-14)28-25-16-22-5-6-27-16/h1-7,9H,8H2,(H,22,25)(H,24,26). The Kier molecular flexibility index (Phi) is 6.15. The van der Waals surface area contributed by atoms with Crippen molar-refractivity contribution >= 4 is 34.3 Å². The fourth-order valence-corrected chi connectivity index (χ4v) is 3.31. The number of halogens is 4. The van der Waals surface area contributed by atoms with Gasteiger partial charge in [0.2, 0.25) is 0 Å². The van der Waals surface area contributed by atoms with Crippen molar-refractivity contribution in [1.82, 2.24) is 15.3 Å². The molecule has 1 amide bonds. The second kappa shape index (κ2) is 8.57. The van der Waals surface area contributed by atoms with Gasteiger partial charge in [0, 0.05) is 29.2 Å². The zero-order valence-corrected chi connectivity index (χ0v) is 15.6. The molecule has 28 heavy (non-hydrogen) atoms. The van der Waals surface area contributed by atoms with Gasteiger partial charge in [0.1, 0.15) is 11.5 Å². The highest BCUT2D eigenvalue weighted by Gasteiger charge is 2.33. The molecule has 3 rings (SSSR count). The van der Waals surface area contributed by atoms with Gasteiger partial charge in [-0.05, 0) is 41.8 Å². The van der Waals surface area contributed by atoms with Gasteiger partial charge in [-0.15, -0.1) is 11.3 Å². The van der Waals surface area contributed by atoms with Crippen LogP contribution in [-0.4, -0.2) is 15.9 Å². The molecule has 0 unspecified atom stereocenters. The van der Waals surface area contributed by atoms with Crippen molar-refractivity contribution < 1.29 is 22.4 Å². The van der Waals surface area contributed by atoms with Crippen molar-refractivity contribution in [3.05, 3.63) is 70.7 Å². The third kappa shape index (κ3) is 5.20. The number of amides is 1. The van der Waals surface area contributed by atoms with Crippen molar-refractivity contribution in [2.24, 2.45) is 0 Å². The summed E-state index contributed by atoms with van der Waals surface area (Å²) in [6, 6.07) is 5.71. The van der Waals surface area contributed by atoms with Gasteiger partial charge < -0.3 is 10.0 Å². The number of hydrogen-bond acceptors (Lipinski definition) is 6. The molecule has 0 spiro atoms. The molecule has 0 aliphatic rings. The monoisotopic (exact) mass is 428 g/mol. The number of hydrogen-bond donors (Lipinski definition) is 2. The van der Waals surface area contributed by atoms with Crippen LogP contribution in [0.1, 0.15) is 21.6 Å². The molecular formula is C17H12F4N4OS2. The zero-order valence-electron chi connectivity index (χ0n) is 14.0. The molecule has 0 radical (unpaired) electrons. The highest BCUT2D eigenvalue weighted by atomic mass is 32.2. The molecule has 146 valence electrons. The maximum atomic E-state index is 13.6. The van der Waals surface area contributed by atoms with Gasteiger partial charge in [0.25, 0.3) is 5.91 Å². The molecule has 2 heterocycles. The summed E-state index contributed by atoms with van der Waals surface area (Å²) in [5, 5.41) is 5.06. The largest absolute Gasteiger partial charge is 0.419 e. The van der Waals surface area contributed by atoms with Crippen LogP contribution in [0, 0.1) is 5.82 Å². The molecule has 0 aliphatic heterocycles. The Bertz CT molecular complexity index is 947. The number of alkyl halides is 3. The predicted molar refractivity (Wildman–Crippen MR) is 98.4 cm³/mol. The summed E-state index contributed by atoms with van der Waals surface area (Å²) in [6.45, 7) is -0.127. The summed E-state index contributed by atoms with van der Waals surface area (Å²) in [5.41, 5.74) is -1.01.